The molecule has 2 N–H and O–H groups in total. The fraction of sp³-hybridized carbons (Fsp3) is 0.533. The number of piperidine rings is 1. The molecule has 0 spiro atoms. The first kappa shape index (κ1) is 17.6. The third-order valence-electron chi connectivity index (χ3n) is 5.37. The maximum absolute atomic E-state index is 12.9. The number of nitriles is 1. The van der Waals surface area contributed by atoms with Gasteiger partial charge in [-0.1, -0.05) is 11.8 Å². The molecule has 1 unspecified atom stereocenters. The Labute approximate surface area is 157 Å². The molecule has 0 saturated carbocycles. The normalized spacial score (nSPS) is 28.6. The van der Waals surface area contributed by atoms with E-state index < -0.39 is 35.2 Å². The summed E-state index contributed by atoms with van der Waals surface area (Å²) in [6.07, 6.45) is 0.125. The van der Waals surface area contributed by atoms with Crippen LogP contribution in [0.5, 0.6) is 0 Å². The first-order valence-corrected chi connectivity index (χ1v) is 9.22. The van der Waals surface area contributed by atoms with Gasteiger partial charge in [0.1, 0.15) is 17.3 Å². The fourth-order valence-electron chi connectivity index (χ4n) is 4.38. The second-order valence-electron chi connectivity index (χ2n) is 6.54. The summed E-state index contributed by atoms with van der Waals surface area (Å²) < 4.78 is 1.46. The number of ketones is 1. The predicted octanol–water partition coefficient (Wildman–Crippen LogP) is -1.30. The van der Waals surface area contributed by atoms with Crippen LogP contribution >= 0.6 is 11.8 Å². The highest BCUT2D eigenvalue weighted by atomic mass is 32.2. The van der Waals surface area contributed by atoms with Gasteiger partial charge in [-0.15, -0.1) is 5.10 Å². The number of aryl methyl sites for hydroxylation is 1. The van der Waals surface area contributed by atoms with E-state index in [2.05, 4.69) is 20.8 Å². The Hall–Kier alpha value is -2.78. The highest BCUT2D eigenvalue weighted by Gasteiger charge is 2.74. The van der Waals surface area contributed by atoms with Crippen molar-refractivity contribution >= 4 is 29.4 Å². The number of nitrogens with zero attached hydrogens (tertiary/aromatic N) is 6. The highest BCUT2D eigenvalue weighted by Crippen LogP contribution is 2.55. The van der Waals surface area contributed by atoms with Gasteiger partial charge in [-0.3, -0.25) is 14.5 Å². The van der Waals surface area contributed by atoms with Crippen molar-refractivity contribution in [3.8, 4) is 6.07 Å². The quantitative estimate of drug-likeness (QED) is 0.443. The van der Waals surface area contributed by atoms with Crippen LogP contribution in [-0.4, -0.2) is 71.8 Å². The summed E-state index contributed by atoms with van der Waals surface area (Å²) >= 11 is 1.24. The third kappa shape index (κ3) is 2.18. The molecule has 1 aromatic rings. The molecular formula is C15H15N7O4S. The largest absolute Gasteiger partial charge is 0.477 e. The van der Waals surface area contributed by atoms with E-state index in [1.807, 2.05) is 6.07 Å². The van der Waals surface area contributed by atoms with Gasteiger partial charge in [0.25, 0.3) is 0 Å². The first-order chi connectivity index (χ1) is 12.9. The van der Waals surface area contributed by atoms with E-state index in [-0.39, 0.29) is 17.9 Å². The van der Waals surface area contributed by atoms with E-state index in [1.165, 1.54) is 16.4 Å². The number of aliphatic carboxylic acids is 1. The van der Waals surface area contributed by atoms with Crippen molar-refractivity contribution in [3.05, 3.63) is 11.3 Å². The summed E-state index contributed by atoms with van der Waals surface area (Å²) in [6, 6.07) is 1.05. The van der Waals surface area contributed by atoms with Crippen molar-refractivity contribution in [1.29, 1.82) is 5.26 Å². The van der Waals surface area contributed by atoms with Crippen LogP contribution in [0.15, 0.2) is 16.4 Å². The zero-order valence-corrected chi connectivity index (χ0v) is 15.1. The Morgan fingerprint density at radius 2 is 2.30 bits per heavy atom. The van der Waals surface area contributed by atoms with Crippen molar-refractivity contribution in [2.75, 3.05) is 12.3 Å². The molecule has 1 amide bonds. The molecule has 3 aliphatic heterocycles. The lowest BCUT2D eigenvalue weighted by atomic mass is 9.64. The smallest absolute Gasteiger partial charge is 0.352 e. The lowest BCUT2D eigenvalue weighted by Crippen LogP contribution is -2.83. The Bertz CT molecular complexity index is 935. The van der Waals surface area contributed by atoms with Crippen LogP contribution in [0.2, 0.25) is 0 Å². The summed E-state index contributed by atoms with van der Waals surface area (Å²) in [5.74, 6) is -2.33. The van der Waals surface area contributed by atoms with Gasteiger partial charge in [0.05, 0.1) is 12.5 Å². The fourth-order valence-corrected chi connectivity index (χ4v) is 5.32. The Morgan fingerprint density at radius 3 is 2.93 bits per heavy atom. The molecule has 27 heavy (non-hydrogen) atoms. The summed E-state index contributed by atoms with van der Waals surface area (Å²) in [7, 11) is 1.67. The molecular weight excluding hydrogens is 374 g/mol. The van der Waals surface area contributed by atoms with Crippen molar-refractivity contribution < 1.29 is 19.5 Å². The molecule has 0 radical (unpaired) electrons. The van der Waals surface area contributed by atoms with Crippen molar-refractivity contribution in [2.45, 2.75) is 29.6 Å². The number of hydrogen-bond acceptors (Lipinski definition) is 9. The number of thioether (sulfide) groups is 1. The summed E-state index contributed by atoms with van der Waals surface area (Å²) in [5.41, 5.74) is -0.953. The predicted molar refractivity (Wildman–Crippen MR) is 88.9 cm³/mol. The molecule has 11 nitrogen and oxygen atoms in total. The number of carbonyl (C=O) groups is 3. The Balaban J connectivity index is 1.76. The van der Waals surface area contributed by atoms with Crippen molar-refractivity contribution in [1.82, 2.24) is 30.4 Å². The first-order valence-electron chi connectivity index (χ1n) is 8.23. The number of β-lactam (4-membered cyclic amide) rings is 1. The third-order valence-corrected chi connectivity index (χ3v) is 6.42. The molecule has 0 aliphatic carbocycles. The lowest BCUT2D eigenvalue weighted by molar-refractivity contribution is -0.173. The minimum atomic E-state index is -1.31. The number of carboxylic acid groups (broad SMARTS) is 1. The van der Waals surface area contributed by atoms with E-state index in [4.69, 9.17) is 5.26 Å². The average molecular weight is 389 g/mol. The topological polar surface area (TPSA) is 154 Å². The van der Waals surface area contributed by atoms with E-state index >= 15 is 0 Å². The maximum Gasteiger partial charge on any atom is 0.352 e. The molecule has 140 valence electrons. The van der Waals surface area contributed by atoms with Crippen molar-refractivity contribution in [3.63, 3.8) is 0 Å². The van der Waals surface area contributed by atoms with E-state index in [1.54, 1.807) is 7.05 Å². The van der Waals surface area contributed by atoms with Crippen LogP contribution in [0.4, 0.5) is 0 Å². The Morgan fingerprint density at radius 1 is 1.52 bits per heavy atom. The number of carbonyl (C=O) groups excluding carboxylic acids is 2. The number of nitrogens with one attached hydrogen (secondary N) is 1. The molecule has 3 atom stereocenters. The minimum absolute atomic E-state index is 0.154. The molecule has 4 heterocycles. The molecule has 0 bridgehead atoms. The van der Waals surface area contributed by atoms with Gasteiger partial charge in [0, 0.05) is 18.7 Å². The van der Waals surface area contributed by atoms with Gasteiger partial charge in [-0.05, 0) is 29.0 Å². The van der Waals surface area contributed by atoms with Crippen LogP contribution in [-0.2, 0) is 21.4 Å². The second kappa shape index (κ2) is 6.14. The van der Waals surface area contributed by atoms with Crippen molar-refractivity contribution in [2.24, 2.45) is 13.0 Å². The summed E-state index contributed by atoms with van der Waals surface area (Å²) in [5, 5.41) is 33.4. The van der Waals surface area contributed by atoms with Gasteiger partial charge in [-0.25, -0.2) is 9.48 Å². The monoisotopic (exact) mass is 389 g/mol. The van der Waals surface area contributed by atoms with Gasteiger partial charge in [-0.2, -0.15) is 5.26 Å². The number of aromatic nitrogens is 4. The number of hydrogen-bond donors (Lipinski definition) is 2. The van der Waals surface area contributed by atoms with Gasteiger partial charge >= 0.3 is 5.97 Å². The number of carboxylic acids is 1. The molecule has 0 aromatic carbocycles. The van der Waals surface area contributed by atoms with Gasteiger partial charge in [0.15, 0.2) is 5.78 Å². The Kier molecular flexibility index (Phi) is 4.01. The van der Waals surface area contributed by atoms with Gasteiger partial charge < -0.3 is 10.4 Å². The second-order valence-corrected chi connectivity index (χ2v) is 7.48. The van der Waals surface area contributed by atoms with E-state index in [9.17, 15) is 19.5 Å². The summed E-state index contributed by atoms with van der Waals surface area (Å²) in [6.45, 7) is 0.489. The summed E-state index contributed by atoms with van der Waals surface area (Å²) in [4.78, 5) is 38.6. The van der Waals surface area contributed by atoms with Crippen LogP contribution in [0.3, 0.4) is 0 Å². The van der Waals surface area contributed by atoms with E-state index in [0.29, 0.717) is 23.7 Å². The number of rotatable bonds is 6. The molecule has 3 aliphatic rings. The number of tetrazole rings is 1. The molecule has 2 fully saturated rings. The zero-order valence-electron chi connectivity index (χ0n) is 14.2. The van der Waals surface area contributed by atoms with E-state index in [0.717, 1.165) is 4.90 Å². The SMILES string of the molecule is Cn1nnnc1SCC1=C(C(=O)O)N2C(=O)[C@H]3NCCC1[C@]32C(=O)CC#N. The van der Waals surface area contributed by atoms with Gasteiger partial charge in [0.2, 0.25) is 11.1 Å². The standard InChI is InChI=1S/C15H15N7O4S/c1-21-14(18-19-20-21)27-6-7-8-3-5-17-11-12(24)22(10(7)13(25)26)15(8,11)9(23)2-4-16/h8,11,17H,2-3,5-6H2,1H3,(H,25,26)/t8?,11-,15+/m1/s1. The lowest BCUT2D eigenvalue weighted by Gasteiger charge is -2.57. The highest BCUT2D eigenvalue weighted by molar-refractivity contribution is 7.99. The number of Topliss-reactive ketones (excluding diaryl/α,β-unsaturated/α-hetero) is 1. The van der Waals surface area contributed by atoms with Crippen LogP contribution in [0, 0.1) is 17.2 Å². The average Bonchev–Trinajstić information content (AvgIpc) is 3.17. The van der Waals surface area contributed by atoms with Crippen LogP contribution in [0.1, 0.15) is 12.8 Å². The van der Waals surface area contributed by atoms with Crippen LogP contribution in [0.25, 0.3) is 0 Å². The molecule has 1 aromatic heterocycles. The van der Waals surface area contributed by atoms with Crippen LogP contribution < -0.4 is 5.32 Å². The molecule has 4 rings (SSSR count). The zero-order chi connectivity index (χ0) is 19.3. The molecule has 12 heteroatoms. The molecule has 2 saturated heterocycles. The minimum Gasteiger partial charge on any atom is -0.477 e. The maximum atomic E-state index is 12.9. The number of amides is 1.